The Kier molecular flexibility index (Phi) is 29.9. The van der Waals surface area contributed by atoms with E-state index in [1.54, 1.807) is 0 Å². The minimum atomic E-state index is 0. The largest absolute Gasteiger partial charge is 0.0683 e. The van der Waals surface area contributed by atoms with Gasteiger partial charge in [-0.3, -0.25) is 0 Å². The predicted octanol–water partition coefficient (Wildman–Crippen LogP) is 6.93. The van der Waals surface area contributed by atoms with Crippen LogP contribution in [0, 0.1) is 23.7 Å². The standard InChI is InChI=1S/2C7H14.2C2H6.2Pt/c2*1-6-4-3-5-7(6)2;2*1-2;;/h2*6-7H,3-5H2,1-2H3;2*1-2H3;;. The van der Waals surface area contributed by atoms with Gasteiger partial charge in [0.25, 0.3) is 0 Å². The van der Waals surface area contributed by atoms with Gasteiger partial charge in [-0.05, 0) is 23.7 Å². The first-order valence-corrected chi connectivity index (χ1v) is 8.61. The molecule has 2 heteroatoms. The van der Waals surface area contributed by atoms with Gasteiger partial charge in [0, 0.05) is 42.1 Å². The Labute approximate surface area is 159 Å². The average Bonchev–Trinajstić information content (AvgIpc) is 2.96. The Bertz CT molecular complexity index is 125. The quantitative estimate of drug-likeness (QED) is 0.268. The predicted molar refractivity (Wildman–Crippen MR) is 87.1 cm³/mol. The maximum atomic E-state index is 2.36. The van der Waals surface area contributed by atoms with Crippen molar-refractivity contribution in [3.63, 3.8) is 0 Å². The second kappa shape index (κ2) is 20.4. The summed E-state index contributed by atoms with van der Waals surface area (Å²) in [6, 6.07) is 0. The molecule has 2 aliphatic rings. The molecule has 132 valence electrons. The molecule has 0 heterocycles. The Morgan fingerprint density at radius 2 is 0.600 bits per heavy atom. The molecule has 2 aliphatic carbocycles. The van der Waals surface area contributed by atoms with Crippen molar-refractivity contribution < 1.29 is 42.1 Å². The van der Waals surface area contributed by atoms with E-state index in [9.17, 15) is 0 Å². The van der Waals surface area contributed by atoms with Gasteiger partial charge in [0.15, 0.2) is 0 Å². The third kappa shape index (κ3) is 14.3. The van der Waals surface area contributed by atoms with Crippen molar-refractivity contribution in [1.82, 2.24) is 0 Å². The second-order valence-electron chi connectivity index (χ2n) is 5.77. The summed E-state index contributed by atoms with van der Waals surface area (Å²) in [4.78, 5) is 0. The van der Waals surface area contributed by atoms with Crippen molar-refractivity contribution in [2.24, 2.45) is 23.7 Å². The van der Waals surface area contributed by atoms with E-state index in [0.29, 0.717) is 0 Å². The number of hydrogen-bond donors (Lipinski definition) is 0. The fourth-order valence-electron chi connectivity index (χ4n) is 2.66. The van der Waals surface area contributed by atoms with E-state index in [-0.39, 0.29) is 42.1 Å². The summed E-state index contributed by atoms with van der Waals surface area (Å²) in [5.41, 5.74) is 0. The fourth-order valence-corrected chi connectivity index (χ4v) is 2.66. The van der Waals surface area contributed by atoms with Gasteiger partial charge in [-0.2, -0.15) is 0 Å². The molecular formula is C18H40Pt2. The van der Waals surface area contributed by atoms with Crippen LogP contribution in [0.25, 0.3) is 0 Å². The van der Waals surface area contributed by atoms with Crippen LogP contribution in [0.4, 0.5) is 0 Å². The van der Waals surface area contributed by atoms with E-state index in [4.69, 9.17) is 0 Å². The van der Waals surface area contributed by atoms with Gasteiger partial charge < -0.3 is 0 Å². The first-order chi connectivity index (χ1) is 8.61. The molecule has 0 N–H and O–H groups in total. The molecule has 2 rings (SSSR count). The van der Waals surface area contributed by atoms with Crippen molar-refractivity contribution in [2.75, 3.05) is 0 Å². The summed E-state index contributed by atoms with van der Waals surface area (Å²) in [6.45, 7) is 17.4. The molecule has 4 atom stereocenters. The summed E-state index contributed by atoms with van der Waals surface area (Å²) in [6.07, 6.45) is 8.84. The minimum Gasteiger partial charge on any atom is -0.0683 e. The van der Waals surface area contributed by atoms with E-state index < -0.39 is 0 Å². The van der Waals surface area contributed by atoms with Crippen molar-refractivity contribution in [1.29, 1.82) is 0 Å². The zero-order valence-electron chi connectivity index (χ0n) is 15.2. The Morgan fingerprint density at radius 1 is 0.450 bits per heavy atom. The topological polar surface area (TPSA) is 0 Å². The Morgan fingerprint density at radius 3 is 0.650 bits per heavy atom. The van der Waals surface area contributed by atoms with Crippen LogP contribution in [0.3, 0.4) is 0 Å². The monoisotopic (exact) mass is 646 g/mol. The van der Waals surface area contributed by atoms with Crippen LogP contribution in [0.15, 0.2) is 0 Å². The molecule has 0 nitrogen and oxygen atoms in total. The van der Waals surface area contributed by atoms with Crippen LogP contribution in [0.5, 0.6) is 0 Å². The minimum absolute atomic E-state index is 0. The van der Waals surface area contributed by atoms with E-state index in [1.807, 2.05) is 27.7 Å². The molecule has 2 saturated carbocycles. The van der Waals surface area contributed by atoms with Crippen LogP contribution in [-0.4, -0.2) is 0 Å². The number of rotatable bonds is 0. The zero-order valence-corrected chi connectivity index (χ0v) is 19.7. The second-order valence-corrected chi connectivity index (χ2v) is 5.77. The molecule has 0 bridgehead atoms. The van der Waals surface area contributed by atoms with Gasteiger partial charge in [-0.25, -0.2) is 0 Å². The molecular weight excluding hydrogens is 606 g/mol. The molecule has 0 aromatic heterocycles. The van der Waals surface area contributed by atoms with Gasteiger partial charge in [0.05, 0.1) is 0 Å². The average molecular weight is 647 g/mol. The Hall–Kier alpha value is 1.38. The first-order valence-electron chi connectivity index (χ1n) is 8.61. The molecule has 0 saturated heterocycles. The molecule has 4 unspecified atom stereocenters. The molecule has 2 fully saturated rings. The third-order valence-electron chi connectivity index (χ3n) is 4.58. The van der Waals surface area contributed by atoms with Crippen LogP contribution in [0.2, 0.25) is 0 Å². The fraction of sp³-hybridized carbons (Fsp3) is 1.00. The van der Waals surface area contributed by atoms with Crippen LogP contribution in [-0.2, 0) is 42.1 Å². The van der Waals surface area contributed by atoms with Gasteiger partial charge in [-0.1, -0.05) is 93.9 Å². The summed E-state index contributed by atoms with van der Waals surface area (Å²) in [5, 5.41) is 0. The number of hydrogen-bond acceptors (Lipinski definition) is 0. The molecule has 20 heavy (non-hydrogen) atoms. The smallest absolute Gasteiger partial charge is 0 e. The summed E-state index contributed by atoms with van der Waals surface area (Å²) >= 11 is 0. The van der Waals surface area contributed by atoms with Crippen LogP contribution >= 0.6 is 0 Å². The van der Waals surface area contributed by atoms with Gasteiger partial charge in [0.2, 0.25) is 0 Å². The van der Waals surface area contributed by atoms with Crippen molar-refractivity contribution in [2.45, 2.75) is 93.9 Å². The summed E-state index contributed by atoms with van der Waals surface area (Å²) < 4.78 is 0. The molecule has 0 radical (unpaired) electrons. The van der Waals surface area contributed by atoms with Gasteiger partial charge >= 0.3 is 0 Å². The molecule has 0 aliphatic heterocycles. The SMILES string of the molecule is CC.CC.CC1CCCC1C.CC1CCCC1C.[Pt].[Pt]. The molecule has 0 spiro atoms. The van der Waals surface area contributed by atoms with Gasteiger partial charge in [-0.15, -0.1) is 0 Å². The molecule has 0 amide bonds. The van der Waals surface area contributed by atoms with Crippen molar-refractivity contribution in [3.8, 4) is 0 Å². The van der Waals surface area contributed by atoms with Crippen molar-refractivity contribution >= 4 is 0 Å². The maximum absolute atomic E-state index is 2.36. The molecule has 0 aromatic carbocycles. The zero-order chi connectivity index (χ0) is 14.6. The summed E-state index contributed by atoms with van der Waals surface area (Å²) in [5.74, 6) is 4.06. The normalized spacial score (nSPS) is 30.0. The summed E-state index contributed by atoms with van der Waals surface area (Å²) in [7, 11) is 0. The van der Waals surface area contributed by atoms with E-state index in [0.717, 1.165) is 23.7 Å². The Balaban J connectivity index is -0.0000000950. The maximum Gasteiger partial charge on any atom is 0 e. The third-order valence-corrected chi connectivity index (χ3v) is 4.58. The van der Waals surface area contributed by atoms with E-state index in [1.165, 1.54) is 38.5 Å². The van der Waals surface area contributed by atoms with Crippen LogP contribution in [0.1, 0.15) is 93.9 Å². The van der Waals surface area contributed by atoms with E-state index in [2.05, 4.69) is 27.7 Å². The van der Waals surface area contributed by atoms with Gasteiger partial charge in [0.1, 0.15) is 0 Å². The van der Waals surface area contributed by atoms with E-state index >= 15 is 0 Å². The van der Waals surface area contributed by atoms with Crippen LogP contribution < -0.4 is 0 Å². The van der Waals surface area contributed by atoms with Crippen molar-refractivity contribution in [3.05, 3.63) is 0 Å². The first kappa shape index (κ1) is 29.4. The molecule has 0 aromatic rings.